The van der Waals surface area contributed by atoms with Crippen LogP contribution in [0.2, 0.25) is 0 Å². The molecule has 3 N–H and O–H groups in total. The fraction of sp³-hybridized carbons (Fsp3) is 0.296. The lowest BCUT2D eigenvalue weighted by Crippen LogP contribution is -2.39. The summed E-state index contributed by atoms with van der Waals surface area (Å²) in [5.74, 6) is -0.509. The number of hydrogen-bond acceptors (Lipinski definition) is 8. The SMILES string of the molecule is COc1ccc(-c2nc(C(=O)N3CC[C@H](NC(=O)c4ccccn4)C3)c([C@H](C)N)o2)c2ccc(C(F)(F)F)nc12. The van der Waals surface area contributed by atoms with Crippen molar-refractivity contribution in [2.24, 2.45) is 5.73 Å². The number of alkyl halides is 3. The molecule has 1 aromatic carbocycles. The maximum atomic E-state index is 13.5. The Labute approximate surface area is 226 Å². The summed E-state index contributed by atoms with van der Waals surface area (Å²) < 4.78 is 51.1. The first-order valence-electron chi connectivity index (χ1n) is 12.4. The minimum Gasteiger partial charge on any atom is -0.494 e. The number of carbonyl (C=O) groups excluding carboxylic acids is 2. The van der Waals surface area contributed by atoms with Crippen molar-refractivity contribution in [2.75, 3.05) is 20.2 Å². The number of aromatic nitrogens is 3. The third-order valence-corrected chi connectivity index (χ3v) is 6.54. The van der Waals surface area contributed by atoms with Crippen molar-refractivity contribution in [1.29, 1.82) is 0 Å². The molecule has 4 heterocycles. The Kier molecular flexibility index (Phi) is 7.15. The van der Waals surface area contributed by atoms with Gasteiger partial charge in [0.1, 0.15) is 22.7 Å². The zero-order valence-corrected chi connectivity index (χ0v) is 21.5. The number of rotatable bonds is 6. The summed E-state index contributed by atoms with van der Waals surface area (Å²) in [5, 5.41) is 3.18. The molecular weight excluding hydrogens is 529 g/mol. The Morgan fingerprint density at radius 1 is 1.18 bits per heavy atom. The average Bonchev–Trinajstić information content (AvgIpc) is 3.59. The van der Waals surface area contributed by atoms with Crippen LogP contribution in [0.1, 0.15) is 51.8 Å². The van der Waals surface area contributed by atoms with Crippen molar-refractivity contribution in [2.45, 2.75) is 31.6 Å². The number of nitrogens with zero attached hydrogens (tertiary/aromatic N) is 4. The number of ether oxygens (including phenoxy) is 1. The lowest BCUT2D eigenvalue weighted by atomic mass is 10.1. The summed E-state index contributed by atoms with van der Waals surface area (Å²) in [6.45, 7) is 2.24. The smallest absolute Gasteiger partial charge is 0.433 e. The number of fused-ring (bicyclic) bond motifs is 1. The Morgan fingerprint density at radius 2 is 1.98 bits per heavy atom. The summed E-state index contributed by atoms with van der Waals surface area (Å²) in [6, 6.07) is 9.16. The van der Waals surface area contributed by atoms with Gasteiger partial charge in [0.25, 0.3) is 11.8 Å². The Hall–Kier alpha value is -4.52. The molecule has 3 aromatic heterocycles. The van der Waals surface area contributed by atoms with E-state index < -0.39 is 23.8 Å². The van der Waals surface area contributed by atoms with Gasteiger partial charge in [-0.15, -0.1) is 0 Å². The molecule has 0 bridgehead atoms. The third kappa shape index (κ3) is 5.19. The number of methoxy groups -OCH3 is 1. The van der Waals surface area contributed by atoms with E-state index in [2.05, 4.69) is 20.3 Å². The van der Waals surface area contributed by atoms with E-state index in [1.54, 1.807) is 36.1 Å². The van der Waals surface area contributed by atoms with Crippen molar-refractivity contribution in [1.82, 2.24) is 25.2 Å². The van der Waals surface area contributed by atoms with Crippen LogP contribution in [-0.4, -0.2) is 57.9 Å². The predicted octanol–water partition coefficient (Wildman–Crippen LogP) is 3.98. The monoisotopic (exact) mass is 554 g/mol. The fourth-order valence-electron chi connectivity index (χ4n) is 4.58. The Bertz CT molecular complexity index is 1570. The molecule has 208 valence electrons. The molecule has 0 saturated carbocycles. The number of hydrogen-bond donors (Lipinski definition) is 2. The summed E-state index contributed by atoms with van der Waals surface area (Å²) >= 11 is 0. The van der Waals surface area contributed by atoms with Crippen LogP contribution in [0.15, 0.2) is 53.1 Å². The maximum absolute atomic E-state index is 13.5. The van der Waals surface area contributed by atoms with Crippen molar-refractivity contribution < 1.29 is 31.9 Å². The predicted molar refractivity (Wildman–Crippen MR) is 137 cm³/mol. The summed E-state index contributed by atoms with van der Waals surface area (Å²) in [4.78, 5) is 39.8. The molecule has 1 aliphatic heterocycles. The van der Waals surface area contributed by atoms with Crippen molar-refractivity contribution in [3.05, 3.63) is 71.5 Å². The van der Waals surface area contributed by atoms with Crippen LogP contribution in [0, 0.1) is 0 Å². The lowest BCUT2D eigenvalue weighted by Gasteiger charge is -2.16. The molecule has 0 unspecified atom stereocenters. The fourth-order valence-corrected chi connectivity index (χ4v) is 4.58. The van der Waals surface area contributed by atoms with Gasteiger partial charge in [0.2, 0.25) is 5.89 Å². The van der Waals surface area contributed by atoms with Crippen LogP contribution in [-0.2, 0) is 6.18 Å². The number of oxazole rings is 1. The molecular formula is C27H25F3N6O4. The number of halogens is 3. The first-order chi connectivity index (χ1) is 19.1. The second kappa shape index (κ2) is 10.6. The Morgan fingerprint density at radius 3 is 2.65 bits per heavy atom. The van der Waals surface area contributed by atoms with E-state index in [0.29, 0.717) is 23.9 Å². The topological polar surface area (TPSA) is 136 Å². The van der Waals surface area contributed by atoms with Crippen molar-refractivity contribution >= 4 is 22.7 Å². The van der Waals surface area contributed by atoms with Crippen LogP contribution in [0.25, 0.3) is 22.4 Å². The molecule has 5 rings (SSSR count). The second-order valence-corrected chi connectivity index (χ2v) is 9.35. The van der Waals surface area contributed by atoms with E-state index in [0.717, 1.165) is 6.07 Å². The Balaban J connectivity index is 1.44. The number of carbonyl (C=O) groups is 2. The van der Waals surface area contributed by atoms with Crippen LogP contribution in [0.4, 0.5) is 13.2 Å². The average molecular weight is 555 g/mol. The molecule has 2 atom stereocenters. The normalized spacial score (nSPS) is 16.2. The number of nitrogens with one attached hydrogen (secondary N) is 1. The van der Waals surface area contributed by atoms with E-state index in [-0.39, 0.29) is 52.8 Å². The first-order valence-corrected chi connectivity index (χ1v) is 12.4. The van der Waals surface area contributed by atoms with Gasteiger partial charge in [-0.05, 0) is 49.7 Å². The maximum Gasteiger partial charge on any atom is 0.433 e. The molecule has 40 heavy (non-hydrogen) atoms. The van der Waals surface area contributed by atoms with Gasteiger partial charge in [0.05, 0.1) is 13.2 Å². The quantitative estimate of drug-likeness (QED) is 0.365. The van der Waals surface area contributed by atoms with E-state index >= 15 is 0 Å². The van der Waals surface area contributed by atoms with E-state index in [9.17, 15) is 22.8 Å². The minimum absolute atomic E-state index is 0.00376. The van der Waals surface area contributed by atoms with E-state index in [1.807, 2.05) is 0 Å². The number of benzene rings is 1. The molecule has 10 nitrogen and oxygen atoms in total. The highest BCUT2D eigenvalue weighted by Gasteiger charge is 2.35. The van der Waals surface area contributed by atoms with Gasteiger partial charge in [-0.2, -0.15) is 13.2 Å². The van der Waals surface area contributed by atoms with Crippen molar-refractivity contribution in [3.8, 4) is 17.2 Å². The van der Waals surface area contributed by atoms with Crippen molar-refractivity contribution in [3.63, 3.8) is 0 Å². The zero-order valence-electron chi connectivity index (χ0n) is 21.5. The second-order valence-electron chi connectivity index (χ2n) is 9.35. The van der Waals surface area contributed by atoms with Gasteiger partial charge in [0.15, 0.2) is 11.5 Å². The van der Waals surface area contributed by atoms with Crippen LogP contribution >= 0.6 is 0 Å². The lowest BCUT2D eigenvalue weighted by molar-refractivity contribution is -0.140. The van der Waals surface area contributed by atoms with Crippen LogP contribution in [0.5, 0.6) is 5.75 Å². The standard InChI is InChI=1S/C27H25F3N6O4/c1-14(31)23-22(26(38)36-12-10-15(13-36)33-24(37)18-5-3-4-11-32-18)35-25(40-23)17-6-8-19(39-2)21-16(17)7-9-20(34-21)27(28,29)30/h3-9,11,14-15H,10,12-13,31H2,1-2H3,(H,33,37)/t14-,15-/m0/s1. The third-order valence-electron chi connectivity index (χ3n) is 6.54. The van der Waals surface area contributed by atoms with Gasteiger partial charge in [-0.25, -0.2) is 9.97 Å². The number of nitrogens with two attached hydrogens (primary N) is 1. The molecule has 2 amide bonds. The largest absolute Gasteiger partial charge is 0.494 e. The number of likely N-dealkylation sites (tertiary alicyclic amines) is 1. The zero-order chi connectivity index (χ0) is 28.6. The molecule has 1 aliphatic rings. The summed E-state index contributed by atoms with van der Waals surface area (Å²) in [5.41, 5.74) is 5.58. The van der Waals surface area contributed by atoms with Gasteiger partial charge < -0.3 is 25.1 Å². The minimum atomic E-state index is -4.65. The molecule has 13 heteroatoms. The van der Waals surface area contributed by atoms with Gasteiger partial charge in [-0.1, -0.05) is 6.07 Å². The van der Waals surface area contributed by atoms with E-state index in [1.165, 1.54) is 25.4 Å². The number of amides is 2. The van der Waals surface area contributed by atoms with Gasteiger partial charge in [-0.3, -0.25) is 14.6 Å². The summed E-state index contributed by atoms with van der Waals surface area (Å²) in [6.07, 6.45) is -2.60. The van der Waals surface area contributed by atoms with Gasteiger partial charge in [0, 0.05) is 36.3 Å². The highest BCUT2D eigenvalue weighted by molar-refractivity contribution is 5.98. The number of pyridine rings is 2. The van der Waals surface area contributed by atoms with Crippen LogP contribution in [0.3, 0.4) is 0 Å². The first kappa shape index (κ1) is 27.1. The van der Waals surface area contributed by atoms with E-state index in [4.69, 9.17) is 14.9 Å². The summed E-state index contributed by atoms with van der Waals surface area (Å²) in [7, 11) is 1.33. The molecule has 0 radical (unpaired) electrons. The molecule has 4 aromatic rings. The van der Waals surface area contributed by atoms with Gasteiger partial charge >= 0.3 is 6.18 Å². The molecule has 0 spiro atoms. The molecule has 0 aliphatic carbocycles. The highest BCUT2D eigenvalue weighted by Crippen LogP contribution is 2.37. The van der Waals surface area contributed by atoms with Crippen LogP contribution < -0.4 is 15.8 Å². The molecule has 1 fully saturated rings. The molecule has 1 saturated heterocycles. The highest BCUT2D eigenvalue weighted by atomic mass is 19.4.